The number of hydrogen-bond donors (Lipinski definition) is 1. The second-order valence-corrected chi connectivity index (χ2v) is 5.18. The smallest absolute Gasteiger partial charge is 0.141 e. The average molecular weight is 213 g/mol. The lowest BCUT2D eigenvalue weighted by molar-refractivity contribution is 0.0605. The molecule has 0 radical (unpaired) electrons. The molecule has 1 N–H and O–H groups in total. The standard InChI is InChI=1S/C10H12FNOS/c1-7-3-10(13,6-14-7)8-2-9(11)5-12-4-8/h2,4-5,7,13H,3,6H2,1H3. The number of nitrogens with zero attached hydrogens (tertiary/aromatic N) is 1. The van der Waals surface area contributed by atoms with E-state index in [9.17, 15) is 9.50 Å². The Morgan fingerprint density at radius 1 is 1.64 bits per heavy atom. The van der Waals surface area contributed by atoms with Crippen LogP contribution in [-0.4, -0.2) is 21.1 Å². The minimum Gasteiger partial charge on any atom is -0.384 e. The summed E-state index contributed by atoms with van der Waals surface area (Å²) in [5.74, 6) is 0.236. The third-order valence-electron chi connectivity index (χ3n) is 2.47. The summed E-state index contributed by atoms with van der Waals surface area (Å²) in [5.41, 5.74) is -0.298. The topological polar surface area (TPSA) is 33.1 Å². The highest BCUT2D eigenvalue weighted by Gasteiger charge is 2.37. The first-order valence-electron chi connectivity index (χ1n) is 4.55. The van der Waals surface area contributed by atoms with Gasteiger partial charge in [-0.05, 0) is 12.5 Å². The SMILES string of the molecule is CC1CC(O)(c2cncc(F)c2)CS1. The van der Waals surface area contributed by atoms with E-state index in [1.165, 1.54) is 6.07 Å². The van der Waals surface area contributed by atoms with Gasteiger partial charge in [-0.2, -0.15) is 11.8 Å². The van der Waals surface area contributed by atoms with E-state index in [2.05, 4.69) is 11.9 Å². The third kappa shape index (κ3) is 1.77. The van der Waals surface area contributed by atoms with Crippen molar-refractivity contribution >= 4 is 11.8 Å². The summed E-state index contributed by atoms with van der Waals surface area (Å²) in [6.07, 6.45) is 3.36. The van der Waals surface area contributed by atoms with Crippen LogP contribution < -0.4 is 0 Å². The van der Waals surface area contributed by atoms with Crippen LogP contribution in [0.15, 0.2) is 18.5 Å². The minimum absolute atomic E-state index is 0.388. The maximum Gasteiger partial charge on any atom is 0.141 e. The third-order valence-corrected chi connectivity index (χ3v) is 3.85. The highest BCUT2D eigenvalue weighted by atomic mass is 32.2. The lowest BCUT2D eigenvalue weighted by Gasteiger charge is -2.21. The summed E-state index contributed by atoms with van der Waals surface area (Å²) in [7, 11) is 0. The molecule has 0 aliphatic carbocycles. The van der Waals surface area contributed by atoms with Gasteiger partial charge in [0.15, 0.2) is 0 Å². The molecule has 1 aliphatic heterocycles. The van der Waals surface area contributed by atoms with E-state index in [0.29, 0.717) is 23.0 Å². The van der Waals surface area contributed by atoms with Crippen molar-refractivity contribution in [3.63, 3.8) is 0 Å². The van der Waals surface area contributed by atoms with Crippen molar-refractivity contribution in [1.82, 2.24) is 4.98 Å². The first-order chi connectivity index (χ1) is 6.60. The number of aromatic nitrogens is 1. The molecule has 2 heterocycles. The number of rotatable bonds is 1. The second-order valence-electron chi connectivity index (χ2n) is 3.75. The van der Waals surface area contributed by atoms with Crippen molar-refractivity contribution < 1.29 is 9.50 Å². The Morgan fingerprint density at radius 3 is 3.00 bits per heavy atom. The van der Waals surface area contributed by atoms with Gasteiger partial charge < -0.3 is 5.11 Å². The molecule has 2 rings (SSSR count). The lowest BCUT2D eigenvalue weighted by atomic mass is 9.93. The van der Waals surface area contributed by atoms with E-state index in [4.69, 9.17) is 0 Å². The molecule has 1 saturated heterocycles. The van der Waals surface area contributed by atoms with Crippen molar-refractivity contribution in [3.8, 4) is 0 Å². The van der Waals surface area contributed by atoms with E-state index in [0.717, 1.165) is 6.20 Å². The maximum absolute atomic E-state index is 12.9. The Kier molecular flexibility index (Phi) is 2.49. The fraction of sp³-hybridized carbons (Fsp3) is 0.500. The zero-order chi connectivity index (χ0) is 10.2. The highest BCUT2D eigenvalue weighted by Crippen LogP contribution is 2.40. The van der Waals surface area contributed by atoms with Gasteiger partial charge in [-0.25, -0.2) is 4.39 Å². The van der Waals surface area contributed by atoms with E-state index in [1.807, 2.05) is 0 Å². The van der Waals surface area contributed by atoms with Crippen molar-refractivity contribution in [3.05, 3.63) is 29.8 Å². The average Bonchev–Trinajstić information content (AvgIpc) is 2.48. The van der Waals surface area contributed by atoms with Crippen LogP contribution in [0.3, 0.4) is 0 Å². The molecule has 0 aromatic carbocycles. The van der Waals surface area contributed by atoms with E-state index >= 15 is 0 Å². The van der Waals surface area contributed by atoms with Gasteiger partial charge in [0.25, 0.3) is 0 Å². The summed E-state index contributed by atoms with van der Waals surface area (Å²) in [5, 5.41) is 10.6. The van der Waals surface area contributed by atoms with Gasteiger partial charge in [0.1, 0.15) is 11.4 Å². The quantitative estimate of drug-likeness (QED) is 0.774. The van der Waals surface area contributed by atoms with Crippen LogP contribution in [0.25, 0.3) is 0 Å². The number of halogens is 1. The molecule has 1 aromatic heterocycles. The van der Waals surface area contributed by atoms with Crippen molar-refractivity contribution in [2.45, 2.75) is 24.2 Å². The molecule has 14 heavy (non-hydrogen) atoms. The van der Waals surface area contributed by atoms with Crippen molar-refractivity contribution in [1.29, 1.82) is 0 Å². The van der Waals surface area contributed by atoms with Gasteiger partial charge in [0, 0.05) is 22.8 Å². The van der Waals surface area contributed by atoms with Crippen LogP contribution in [0.2, 0.25) is 0 Å². The number of thioether (sulfide) groups is 1. The molecular weight excluding hydrogens is 201 g/mol. The Balaban J connectivity index is 2.30. The fourth-order valence-corrected chi connectivity index (χ4v) is 2.98. The van der Waals surface area contributed by atoms with Crippen LogP contribution in [0.1, 0.15) is 18.9 Å². The Hall–Kier alpha value is -0.610. The fourth-order valence-electron chi connectivity index (χ4n) is 1.74. The van der Waals surface area contributed by atoms with Crippen LogP contribution >= 0.6 is 11.8 Å². The number of hydrogen-bond acceptors (Lipinski definition) is 3. The van der Waals surface area contributed by atoms with Crippen molar-refractivity contribution in [2.75, 3.05) is 5.75 Å². The highest BCUT2D eigenvalue weighted by molar-refractivity contribution is 8.00. The molecule has 1 aliphatic rings. The molecule has 76 valence electrons. The zero-order valence-corrected chi connectivity index (χ0v) is 8.72. The monoisotopic (exact) mass is 213 g/mol. The van der Waals surface area contributed by atoms with Crippen molar-refractivity contribution in [2.24, 2.45) is 0 Å². The normalized spacial score (nSPS) is 32.1. The van der Waals surface area contributed by atoms with E-state index < -0.39 is 5.60 Å². The molecular formula is C10H12FNOS. The summed E-state index contributed by atoms with van der Waals surface area (Å²) in [6, 6.07) is 1.37. The molecule has 2 nitrogen and oxygen atoms in total. The van der Waals surface area contributed by atoms with Crippen LogP contribution in [0, 0.1) is 5.82 Å². The van der Waals surface area contributed by atoms with Gasteiger partial charge in [-0.3, -0.25) is 4.98 Å². The molecule has 4 heteroatoms. The van der Waals surface area contributed by atoms with Crippen LogP contribution in [0.4, 0.5) is 4.39 Å². The summed E-state index contributed by atoms with van der Waals surface area (Å²) in [4.78, 5) is 3.75. The first-order valence-corrected chi connectivity index (χ1v) is 5.60. The Morgan fingerprint density at radius 2 is 2.43 bits per heavy atom. The molecule has 0 bridgehead atoms. The largest absolute Gasteiger partial charge is 0.384 e. The molecule has 0 spiro atoms. The maximum atomic E-state index is 12.9. The molecule has 2 atom stereocenters. The predicted octanol–water partition coefficient (Wildman–Crippen LogP) is 1.93. The molecule has 2 unspecified atom stereocenters. The van der Waals surface area contributed by atoms with Gasteiger partial charge in [0.2, 0.25) is 0 Å². The molecule has 1 aromatic rings. The summed E-state index contributed by atoms with van der Waals surface area (Å²) < 4.78 is 12.9. The van der Waals surface area contributed by atoms with Crippen LogP contribution in [0.5, 0.6) is 0 Å². The van der Waals surface area contributed by atoms with Crippen LogP contribution in [-0.2, 0) is 5.60 Å². The second kappa shape index (κ2) is 3.51. The molecule has 0 amide bonds. The lowest BCUT2D eigenvalue weighted by Crippen LogP contribution is -2.25. The molecule has 1 fully saturated rings. The first kappa shape index (κ1) is 9.93. The van der Waals surface area contributed by atoms with Gasteiger partial charge in [0.05, 0.1) is 6.20 Å². The van der Waals surface area contributed by atoms with Gasteiger partial charge >= 0.3 is 0 Å². The minimum atomic E-state index is -0.890. The van der Waals surface area contributed by atoms with Gasteiger partial charge in [-0.15, -0.1) is 0 Å². The Bertz CT molecular complexity index is 347. The number of aliphatic hydroxyl groups is 1. The zero-order valence-electron chi connectivity index (χ0n) is 7.90. The van der Waals surface area contributed by atoms with Gasteiger partial charge in [-0.1, -0.05) is 6.92 Å². The predicted molar refractivity (Wildman–Crippen MR) is 54.6 cm³/mol. The molecule has 0 saturated carbocycles. The summed E-state index contributed by atoms with van der Waals surface area (Å²) >= 11 is 1.70. The van der Waals surface area contributed by atoms with E-state index in [-0.39, 0.29) is 5.82 Å². The summed E-state index contributed by atoms with van der Waals surface area (Å²) in [6.45, 7) is 2.06. The number of pyridine rings is 1. The Labute approximate surface area is 86.6 Å². The van der Waals surface area contributed by atoms with E-state index in [1.54, 1.807) is 18.0 Å².